The number of carbonyl (C=O) groups excluding carboxylic acids is 1. The number of hydrogen-bond donors (Lipinski definition) is 2. The molecule has 0 aliphatic carbocycles. The van der Waals surface area contributed by atoms with Gasteiger partial charge < -0.3 is 11.1 Å². The van der Waals surface area contributed by atoms with E-state index in [1.165, 1.54) is 10.8 Å². The molecule has 0 fully saturated rings. The van der Waals surface area contributed by atoms with Crippen LogP contribution >= 0.6 is 11.3 Å². The lowest BCUT2D eigenvalue weighted by Gasteiger charge is -2.10. The molecular weight excluding hydrogens is 478 g/mol. The summed E-state index contributed by atoms with van der Waals surface area (Å²) in [6, 6.07) is 31.7. The van der Waals surface area contributed by atoms with Crippen molar-refractivity contribution in [3.8, 4) is 21.7 Å². The van der Waals surface area contributed by atoms with Gasteiger partial charge in [-0.05, 0) is 63.7 Å². The number of amides is 1. The van der Waals surface area contributed by atoms with E-state index in [-0.39, 0.29) is 5.91 Å². The highest BCUT2D eigenvalue weighted by Crippen LogP contribution is 2.30. The number of thiophene rings is 1. The number of rotatable bonds is 6. The fourth-order valence-electron chi connectivity index (χ4n) is 4.28. The lowest BCUT2D eigenvalue weighted by Crippen LogP contribution is -2.13. The number of carbonyl (C=O) groups is 1. The van der Waals surface area contributed by atoms with Crippen LogP contribution in [0.1, 0.15) is 15.9 Å². The second-order valence-corrected chi connectivity index (χ2v) is 9.74. The highest BCUT2D eigenvalue weighted by Gasteiger charge is 2.12. The Morgan fingerprint density at radius 1 is 0.865 bits per heavy atom. The van der Waals surface area contributed by atoms with Crippen molar-refractivity contribution >= 4 is 39.4 Å². The Kier molecular flexibility index (Phi) is 5.96. The maximum Gasteiger partial charge on any atom is 0.255 e. The predicted octanol–water partition coefficient (Wildman–Crippen LogP) is 6.71. The Morgan fingerprint density at radius 2 is 1.68 bits per heavy atom. The smallest absolute Gasteiger partial charge is 0.255 e. The molecule has 0 aliphatic heterocycles. The van der Waals surface area contributed by atoms with E-state index < -0.39 is 0 Å². The zero-order chi connectivity index (χ0) is 25.2. The van der Waals surface area contributed by atoms with Crippen molar-refractivity contribution in [1.29, 1.82) is 0 Å². The quantitative estimate of drug-likeness (QED) is 0.248. The topological polar surface area (TPSA) is 85.8 Å². The Hall–Kier alpha value is -4.75. The number of nitrogens with two attached hydrogens (primary N) is 1. The van der Waals surface area contributed by atoms with E-state index in [9.17, 15) is 4.79 Å². The maximum atomic E-state index is 12.9. The van der Waals surface area contributed by atoms with Gasteiger partial charge in [0.2, 0.25) is 0 Å². The zero-order valence-corrected chi connectivity index (χ0v) is 20.7. The first-order valence-corrected chi connectivity index (χ1v) is 12.7. The number of nitrogen functional groups attached to an aromatic ring is 1. The van der Waals surface area contributed by atoms with Crippen molar-refractivity contribution in [1.82, 2.24) is 15.0 Å². The van der Waals surface area contributed by atoms with E-state index in [2.05, 4.69) is 46.0 Å². The summed E-state index contributed by atoms with van der Waals surface area (Å²) in [6.07, 6.45) is 1.92. The first-order chi connectivity index (χ1) is 18.1. The average molecular weight is 502 g/mol. The summed E-state index contributed by atoms with van der Waals surface area (Å²) in [7, 11) is 0. The standard InChI is InChI=1S/C30H23N5OS/c31-26-14-13-25(29-6-3-15-37-29)17-27(26)32-30(36)23-11-9-22(10-12-23)28-19-35(34-33-28)18-20-7-8-21-4-1-2-5-24(21)16-20/h1-17,19H,18,31H2,(H,32,36). The molecule has 2 heterocycles. The highest BCUT2D eigenvalue weighted by atomic mass is 32.1. The lowest BCUT2D eigenvalue weighted by molar-refractivity contribution is 0.102. The van der Waals surface area contributed by atoms with Gasteiger partial charge in [-0.1, -0.05) is 65.9 Å². The molecule has 0 spiro atoms. The van der Waals surface area contributed by atoms with Crippen molar-refractivity contribution in [3.05, 3.63) is 120 Å². The van der Waals surface area contributed by atoms with Gasteiger partial charge in [0.25, 0.3) is 5.91 Å². The number of fused-ring (bicyclic) bond motifs is 1. The molecule has 180 valence electrons. The Labute approximate surface area is 218 Å². The van der Waals surface area contributed by atoms with Crippen molar-refractivity contribution in [2.24, 2.45) is 0 Å². The van der Waals surface area contributed by atoms with Crippen molar-refractivity contribution in [2.45, 2.75) is 6.54 Å². The number of nitrogens with one attached hydrogen (secondary N) is 1. The summed E-state index contributed by atoms with van der Waals surface area (Å²) < 4.78 is 1.82. The van der Waals surface area contributed by atoms with Gasteiger partial charge in [-0.25, -0.2) is 4.68 Å². The van der Waals surface area contributed by atoms with Gasteiger partial charge in [-0.15, -0.1) is 16.4 Å². The van der Waals surface area contributed by atoms with Gasteiger partial charge in [-0.3, -0.25) is 4.79 Å². The lowest BCUT2D eigenvalue weighted by atomic mass is 10.1. The van der Waals surface area contributed by atoms with Crippen molar-refractivity contribution in [3.63, 3.8) is 0 Å². The van der Waals surface area contributed by atoms with Crippen LogP contribution in [0.5, 0.6) is 0 Å². The van der Waals surface area contributed by atoms with Gasteiger partial charge in [0, 0.05) is 16.0 Å². The number of nitrogens with zero attached hydrogens (tertiary/aromatic N) is 3. The molecule has 1 amide bonds. The van der Waals surface area contributed by atoms with E-state index >= 15 is 0 Å². The Morgan fingerprint density at radius 3 is 2.49 bits per heavy atom. The largest absolute Gasteiger partial charge is 0.397 e. The van der Waals surface area contributed by atoms with E-state index in [0.717, 1.165) is 27.3 Å². The molecule has 2 aromatic heterocycles. The molecular formula is C30H23N5OS. The van der Waals surface area contributed by atoms with Crippen LogP contribution in [-0.2, 0) is 6.54 Å². The summed E-state index contributed by atoms with van der Waals surface area (Å²) >= 11 is 1.64. The molecule has 0 saturated carbocycles. The highest BCUT2D eigenvalue weighted by molar-refractivity contribution is 7.13. The van der Waals surface area contributed by atoms with Gasteiger partial charge in [-0.2, -0.15) is 0 Å². The molecule has 7 heteroatoms. The van der Waals surface area contributed by atoms with Gasteiger partial charge in [0.05, 0.1) is 24.1 Å². The van der Waals surface area contributed by atoms with Crippen LogP contribution in [-0.4, -0.2) is 20.9 Å². The summed E-state index contributed by atoms with van der Waals surface area (Å²) in [6.45, 7) is 0.629. The zero-order valence-electron chi connectivity index (χ0n) is 19.8. The van der Waals surface area contributed by atoms with Crippen molar-refractivity contribution in [2.75, 3.05) is 11.1 Å². The van der Waals surface area contributed by atoms with Crippen LogP contribution in [0.15, 0.2) is 109 Å². The molecule has 4 aromatic carbocycles. The van der Waals surface area contributed by atoms with Crippen molar-refractivity contribution < 1.29 is 4.79 Å². The predicted molar refractivity (Wildman–Crippen MR) is 151 cm³/mol. The third-order valence-corrected chi connectivity index (χ3v) is 7.17. The van der Waals surface area contributed by atoms with Crippen LogP contribution in [0.2, 0.25) is 0 Å². The summed E-state index contributed by atoms with van der Waals surface area (Å²) in [5.41, 5.74) is 11.6. The molecule has 6 rings (SSSR count). The molecule has 0 radical (unpaired) electrons. The number of aromatic nitrogens is 3. The van der Waals surface area contributed by atoms with E-state index in [1.54, 1.807) is 23.5 Å². The van der Waals surface area contributed by atoms with Crippen LogP contribution in [0.4, 0.5) is 11.4 Å². The summed E-state index contributed by atoms with van der Waals surface area (Å²) in [4.78, 5) is 14.0. The van der Waals surface area contributed by atoms with Gasteiger partial charge in [0.15, 0.2) is 0 Å². The molecule has 6 nitrogen and oxygen atoms in total. The Balaban J connectivity index is 1.15. The minimum atomic E-state index is -0.221. The van der Waals surface area contributed by atoms with Gasteiger partial charge >= 0.3 is 0 Å². The third kappa shape index (κ3) is 4.85. The monoisotopic (exact) mass is 501 g/mol. The summed E-state index contributed by atoms with van der Waals surface area (Å²) in [5, 5.41) is 16.0. The minimum absolute atomic E-state index is 0.221. The van der Waals surface area contributed by atoms with Crippen LogP contribution in [0.25, 0.3) is 32.5 Å². The van der Waals surface area contributed by atoms with E-state index in [1.807, 2.05) is 70.9 Å². The van der Waals surface area contributed by atoms with Crippen LogP contribution in [0, 0.1) is 0 Å². The second-order valence-electron chi connectivity index (χ2n) is 8.79. The summed E-state index contributed by atoms with van der Waals surface area (Å²) in [5.74, 6) is -0.221. The number of hydrogen-bond acceptors (Lipinski definition) is 5. The molecule has 0 saturated heterocycles. The molecule has 6 aromatic rings. The molecule has 3 N–H and O–H groups in total. The normalized spacial score (nSPS) is 11.0. The third-order valence-electron chi connectivity index (χ3n) is 6.25. The molecule has 37 heavy (non-hydrogen) atoms. The molecule has 0 unspecified atom stereocenters. The first-order valence-electron chi connectivity index (χ1n) is 11.9. The fraction of sp³-hybridized carbons (Fsp3) is 0.0333. The minimum Gasteiger partial charge on any atom is -0.397 e. The van der Waals surface area contributed by atoms with E-state index in [0.29, 0.717) is 23.5 Å². The maximum absolute atomic E-state index is 12.9. The SMILES string of the molecule is Nc1ccc(-c2cccs2)cc1NC(=O)c1ccc(-c2cn(Cc3ccc4ccccc4c3)nn2)cc1. The van der Waals surface area contributed by atoms with Crippen LogP contribution < -0.4 is 11.1 Å². The molecule has 0 aliphatic rings. The Bertz CT molecular complexity index is 1700. The molecule has 0 atom stereocenters. The average Bonchev–Trinajstić information content (AvgIpc) is 3.63. The number of anilines is 2. The van der Waals surface area contributed by atoms with E-state index in [4.69, 9.17) is 5.73 Å². The fourth-order valence-corrected chi connectivity index (χ4v) is 5.00. The van der Waals surface area contributed by atoms with Gasteiger partial charge in [0.1, 0.15) is 5.69 Å². The second kappa shape index (κ2) is 9.72. The first kappa shape index (κ1) is 22.7. The van der Waals surface area contributed by atoms with Crippen LogP contribution in [0.3, 0.4) is 0 Å². The molecule has 0 bridgehead atoms. The number of benzene rings is 4.